The van der Waals surface area contributed by atoms with Gasteiger partial charge in [0.05, 0.1) is 6.04 Å². The first-order chi connectivity index (χ1) is 8.99. The van der Waals surface area contributed by atoms with Crippen molar-refractivity contribution in [2.45, 2.75) is 25.8 Å². The largest absolute Gasteiger partial charge is 0.320 e. The summed E-state index contributed by atoms with van der Waals surface area (Å²) in [6.45, 7) is 4.32. The quantitative estimate of drug-likeness (QED) is 0.866. The molecule has 0 fully saturated rings. The van der Waals surface area contributed by atoms with Gasteiger partial charge in [0.1, 0.15) is 5.82 Å². The summed E-state index contributed by atoms with van der Waals surface area (Å²) in [5.41, 5.74) is 9.44. The standard InChI is InChI=1S/C16H17BrFN/c1-10(2)11-3-5-12(6-4-11)16(19)14-8-7-13(18)9-15(14)17/h3-10,16H,19H2,1-2H3. The second kappa shape index (κ2) is 5.85. The van der Waals surface area contributed by atoms with Crippen molar-refractivity contribution in [3.8, 4) is 0 Å². The monoisotopic (exact) mass is 321 g/mol. The summed E-state index contributed by atoms with van der Waals surface area (Å²) in [5, 5.41) is 0. The lowest BCUT2D eigenvalue weighted by Gasteiger charge is -2.15. The Morgan fingerprint density at radius 2 is 1.58 bits per heavy atom. The van der Waals surface area contributed by atoms with Gasteiger partial charge in [0.25, 0.3) is 0 Å². The zero-order valence-electron chi connectivity index (χ0n) is 11.0. The highest BCUT2D eigenvalue weighted by Crippen LogP contribution is 2.28. The van der Waals surface area contributed by atoms with Crippen molar-refractivity contribution in [1.82, 2.24) is 0 Å². The van der Waals surface area contributed by atoms with Crippen LogP contribution in [-0.2, 0) is 0 Å². The molecule has 0 radical (unpaired) electrons. The Kier molecular flexibility index (Phi) is 4.38. The third-order valence-corrected chi connectivity index (χ3v) is 3.95. The molecule has 2 aromatic carbocycles. The van der Waals surface area contributed by atoms with Crippen LogP contribution in [0.5, 0.6) is 0 Å². The molecule has 0 aliphatic rings. The first kappa shape index (κ1) is 14.2. The van der Waals surface area contributed by atoms with E-state index >= 15 is 0 Å². The van der Waals surface area contributed by atoms with Gasteiger partial charge < -0.3 is 5.73 Å². The third-order valence-electron chi connectivity index (χ3n) is 3.26. The number of halogens is 2. The number of benzene rings is 2. The molecule has 1 nitrogen and oxygen atoms in total. The first-order valence-electron chi connectivity index (χ1n) is 6.29. The minimum Gasteiger partial charge on any atom is -0.320 e. The SMILES string of the molecule is CC(C)c1ccc(C(N)c2ccc(F)cc2Br)cc1. The van der Waals surface area contributed by atoms with Crippen molar-refractivity contribution in [3.63, 3.8) is 0 Å². The van der Waals surface area contributed by atoms with E-state index in [2.05, 4.69) is 41.9 Å². The van der Waals surface area contributed by atoms with Gasteiger partial charge in [0, 0.05) is 4.47 Å². The summed E-state index contributed by atoms with van der Waals surface area (Å²) in [5.74, 6) is 0.237. The Balaban J connectivity index is 2.30. The highest BCUT2D eigenvalue weighted by Gasteiger charge is 2.13. The molecule has 2 N–H and O–H groups in total. The van der Waals surface area contributed by atoms with Gasteiger partial charge in [-0.05, 0) is 34.7 Å². The summed E-state index contributed by atoms with van der Waals surface area (Å²) < 4.78 is 13.8. The van der Waals surface area contributed by atoms with Crippen molar-refractivity contribution in [2.75, 3.05) is 0 Å². The minimum atomic E-state index is -0.266. The number of hydrogen-bond donors (Lipinski definition) is 1. The van der Waals surface area contributed by atoms with Crippen LogP contribution >= 0.6 is 15.9 Å². The second-order valence-corrected chi connectivity index (χ2v) is 5.82. The molecule has 0 aliphatic carbocycles. The van der Waals surface area contributed by atoms with Crippen LogP contribution < -0.4 is 5.73 Å². The predicted octanol–water partition coefficient (Wildman–Crippen LogP) is 4.76. The molecule has 100 valence electrons. The maximum Gasteiger partial charge on any atom is 0.124 e. The van der Waals surface area contributed by atoms with Gasteiger partial charge in [-0.15, -0.1) is 0 Å². The fraction of sp³-hybridized carbons (Fsp3) is 0.250. The lowest BCUT2D eigenvalue weighted by Crippen LogP contribution is -2.12. The molecule has 2 aromatic rings. The Hall–Kier alpha value is -1.19. The van der Waals surface area contributed by atoms with Crippen LogP contribution in [0.15, 0.2) is 46.9 Å². The summed E-state index contributed by atoms with van der Waals surface area (Å²) in [4.78, 5) is 0. The smallest absolute Gasteiger partial charge is 0.124 e. The zero-order chi connectivity index (χ0) is 14.0. The molecular weight excluding hydrogens is 305 g/mol. The Morgan fingerprint density at radius 1 is 1.00 bits per heavy atom. The van der Waals surface area contributed by atoms with Gasteiger partial charge in [-0.25, -0.2) is 4.39 Å². The van der Waals surface area contributed by atoms with Crippen LogP contribution in [0.3, 0.4) is 0 Å². The van der Waals surface area contributed by atoms with Gasteiger partial charge in [0.2, 0.25) is 0 Å². The fourth-order valence-corrected chi connectivity index (χ4v) is 2.62. The number of nitrogens with two attached hydrogens (primary N) is 1. The molecule has 0 aliphatic heterocycles. The topological polar surface area (TPSA) is 26.0 Å². The zero-order valence-corrected chi connectivity index (χ0v) is 12.6. The number of rotatable bonds is 3. The molecule has 19 heavy (non-hydrogen) atoms. The van der Waals surface area contributed by atoms with Gasteiger partial charge in [-0.2, -0.15) is 0 Å². The lowest BCUT2D eigenvalue weighted by atomic mass is 9.96. The molecule has 0 amide bonds. The summed E-state index contributed by atoms with van der Waals surface area (Å²) >= 11 is 3.36. The van der Waals surface area contributed by atoms with Gasteiger partial charge in [-0.3, -0.25) is 0 Å². The Morgan fingerprint density at radius 3 is 2.11 bits per heavy atom. The summed E-state index contributed by atoms with van der Waals surface area (Å²) in [6.07, 6.45) is 0. The highest BCUT2D eigenvalue weighted by molar-refractivity contribution is 9.10. The summed E-state index contributed by atoms with van der Waals surface area (Å²) in [6, 6.07) is 12.6. The lowest BCUT2D eigenvalue weighted by molar-refractivity contribution is 0.625. The molecule has 0 aromatic heterocycles. The van der Waals surface area contributed by atoms with Crippen LogP contribution in [0.4, 0.5) is 4.39 Å². The van der Waals surface area contributed by atoms with Crippen molar-refractivity contribution in [2.24, 2.45) is 5.73 Å². The fourth-order valence-electron chi connectivity index (χ4n) is 2.02. The Bertz CT molecular complexity index is 563. The average molecular weight is 322 g/mol. The van der Waals surface area contributed by atoms with Crippen molar-refractivity contribution >= 4 is 15.9 Å². The molecule has 0 saturated carbocycles. The maximum absolute atomic E-state index is 13.1. The van der Waals surface area contributed by atoms with Crippen LogP contribution in [0.25, 0.3) is 0 Å². The minimum absolute atomic E-state index is 0.254. The van der Waals surface area contributed by atoms with Crippen LogP contribution in [0, 0.1) is 5.82 Å². The number of hydrogen-bond acceptors (Lipinski definition) is 1. The molecule has 2 rings (SSSR count). The van der Waals surface area contributed by atoms with E-state index in [1.165, 1.54) is 17.7 Å². The van der Waals surface area contributed by atoms with E-state index in [1.54, 1.807) is 6.07 Å². The van der Waals surface area contributed by atoms with E-state index < -0.39 is 0 Å². The third kappa shape index (κ3) is 3.23. The van der Waals surface area contributed by atoms with E-state index in [-0.39, 0.29) is 11.9 Å². The van der Waals surface area contributed by atoms with Crippen molar-refractivity contribution in [1.29, 1.82) is 0 Å². The van der Waals surface area contributed by atoms with Crippen LogP contribution in [-0.4, -0.2) is 0 Å². The molecule has 1 unspecified atom stereocenters. The van der Waals surface area contributed by atoms with E-state index in [1.807, 2.05) is 12.1 Å². The summed E-state index contributed by atoms with van der Waals surface area (Å²) in [7, 11) is 0. The maximum atomic E-state index is 13.1. The first-order valence-corrected chi connectivity index (χ1v) is 7.08. The van der Waals surface area contributed by atoms with Crippen LogP contribution in [0.1, 0.15) is 42.5 Å². The molecule has 0 bridgehead atoms. The molecule has 0 heterocycles. The molecule has 0 saturated heterocycles. The van der Waals surface area contributed by atoms with E-state index in [4.69, 9.17) is 5.73 Å². The molecule has 0 spiro atoms. The molecule has 3 heteroatoms. The predicted molar refractivity (Wildman–Crippen MR) is 80.7 cm³/mol. The second-order valence-electron chi connectivity index (χ2n) is 4.96. The average Bonchev–Trinajstić information content (AvgIpc) is 2.38. The van der Waals surface area contributed by atoms with Gasteiger partial charge in [-0.1, -0.05) is 60.1 Å². The van der Waals surface area contributed by atoms with Gasteiger partial charge >= 0.3 is 0 Å². The van der Waals surface area contributed by atoms with Crippen molar-refractivity contribution < 1.29 is 4.39 Å². The molecular formula is C16H17BrFN. The van der Waals surface area contributed by atoms with Gasteiger partial charge in [0.15, 0.2) is 0 Å². The van der Waals surface area contributed by atoms with E-state index in [0.29, 0.717) is 10.4 Å². The normalized spacial score (nSPS) is 12.7. The Labute approximate surface area is 121 Å². The van der Waals surface area contributed by atoms with E-state index in [9.17, 15) is 4.39 Å². The molecule has 1 atom stereocenters. The van der Waals surface area contributed by atoms with Crippen molar-refractivity contribution in [3.05, 3.63) is 69.4 Å². The highest BCUT2D eigenvalue weighted by atomic mass is 79.9. The van der Waals surface area contributed by atoms with E-state index in [0.717, 1.165) is 11.1 Å². The van der Waals surface area contributed by atoms with Crippen LogP contribution in [0.2, 0.25) is 0 Å².